The van der Waals surface area contributed by atoms with E-state index in [0.29, 0.717) is 10.6 Å². The SMILES string of the molecule is Cc1cc(Cl)c(C(=O)C2C(C)OC(C)C2C)cc1C. The van der Waals surface area contributed by atoms with Gasteiger partial charge in [-0.1, -0.05) is 18.5 Å². The molecule has 0 spiro atoms. The Morgan fingerprint density at radius 1 is 1.11 bits per heavy atom. The molecule has 2 nitrogen and oxygen atoms in total. The second-order valence-corrected chi connectivity index (χ2v) is 6.12. The van der Waals surface area contributed by atoms with Crippen molar-refractivity contribution in [2.24, 2.45) is 11.8 Å². The summed E-state index contributed by atoms with van der Waals surface area (Å²) in [5.41, 5.74) is 2.84. The lowest BCUT2D eigenvalue weighted by Gasteiger charge is -2.18. The minimum Gasteiger partial charge on any atom is -0.374 e. The lowest BCUT2D eigenvalue weighted by Crippen LogP contribution is -2.27. The normalized spacial score (nSPS) is 30.6. The van der Waals surface area contributed by atoms with Gasteiger partial charge in [-0.2, -0.15) is 0 Å². The lowest BCUT2D eigenvalue weighted by molar-refractivity contribution is 0.0491. The maximum Gasteiger partial charge on any atom is 0.170 e. The van der Waals surface area contributed by atoms with Gasteiger partial charge >= 0.3 is 0 Å². The van der Waals surface area contributed by atoms with E-state index in [-0.39, 0.29) is 29.8 Å². The number of rotatable bonds is 2. The van der Waals surface area contributed by atoms with Crippen molar-refractivity contribution in [3.63, 3.8) is 0 Å². The Balaban J connectivity index is 2.37. The lowest BCUT2D eigenvalue weighted by atomic mass is 9.83. The number of benzene rings is 1. The highest BCUT2D eigenvalue weighted by molar-refractivity contribution is 6.34. The molecule has 3 heteroatoms. The van der Waals surface area contributed by atoms with Crippen molar-refractivity contribution in [2.45, 2.75) is 46.8 Å². The predicted molar refractivity (Wildman–Crippen MR) is 77.9 cm³/mol. The van der Waals surface area contributed by atoms with E-state index in [1.807, 2.05) is 39.8 Å². The van der Waals surface area contributed by atoms with Crippen LogP contribution in [0.4, 0.5) is 0 Å². The van der Waals surface area contributed by atoms with E-state index in [4.69, 9.17) is 16.3 Å². The van der Waals surface area contributed by atoms with Crippen LogP contribution in [0.1, 0.15) is 42.3 Å². The van der Waals surface area contributed by atoms with Gasteiger partial charge < -0.3 is 4.74 Å². The van der Waals surface area contributed by atoms with Crippen LogP contribution in [0.15, 0.2) is 12.1 Å². The largest absolute Gasteiger partial charge is 0.374 e. The summed E-state index contributed by atoms with van der Waals surface area (Å²) < 4.78 is 5.76. The third-order valence-corrected chi connectivity index (χ3v) is 4.71. The van der Waals surface area contributed by atoms with Gasteiger partial charge in [0, 0.05) is 5.56 Å². The average molecular weight is 281 g/mol. The minimum atomic E-state index is -0.102. The summed E-state index contributed by atoms with van der Waals surface area (Å²) in [6.45, 7) is 10.1. The van der Waals surface area contributed by atoms with E-state index >= 15 is 0 Å². The predicted octanol–water partition coefficient (Wildman–Crippen LogP) is 4.20. The fraction of sp³-hybridized carbons (Fsp3) is 0.562. The summed E-state index contributed by atoms with van der Waals surface area (Å²) in [5.74, 6) is 0.229. The molecule has 1 saturated heterocycles. The first kappa shape index (κ1) is 14.5. The molecule has 0 radical (unpaired) electrons. The summed E-state index contributed by atoms with van der Waals surface area (Å²) in [7, 11) is 0. The van der Waals surface area contributed by atoms with Gasteiger partial charge in [0.2, 0.25) is 0 Å². The number of aryl methyl sites for hydroxylation is 2. The van der Waals surface area contributed by atoms with E-state index in [1.165, 1.54) is 0 Å². The highest BCUT2D eigenvalue weighted by Crippen LogP contribution is 2.36. The number of carbonyl (C=O) groups excluding carboxylic acids is 1. The van der Waals surface area contributed by atoms with Crippen molar-refractivity contribution < 1.29 is 9.53 Å². The molecule has 0 amide bonds. The van der Waals surface area contributed by atoms with Gasteiger partial charge in [-0.05, 0) is 56.9 Å². The van der Waals surface area contributed by atoms with Crippen molar-refractivity contribution in [2.75, 3.05) is 0 Å². The Labute approximate surface area is 120 Å². The van der Waals surface area contributed by atoms with Crippen LogP contribution in [0.5, 0.6) is 0 Å². The molecule has 1 aliphatic rings. The highest BCUT2D eigenvalue weighted by Gasteiger charge is 2.42. The van der Waals surface area contributed by atoms with Crippen LogP contribution >= 0.6 is 11.6 Å². The van der Waals surface area contributed by atoms with Gasteiger partial charge in [-0.25, -0.2) is 0 Å². The molecular formula is C16H21ClO2. The smallest absolute Gasteiger partial charge is 0.170 e. The molecule has 1 aromatic carbocycles. The van der Waals surface area contributed by atoms with Gasteiger partial charge in [0.25, 0.3) is 0 Å². The molecule has 1 heterocycles. The molecular weight excluding hydrogens is 260 g/mol. The van der Waals surface area contributed by atoms with E-state index in [9.17, 15) is 4.79 Å². The molecule has 19 heavy (non-hydrogen) atoms. The van der Waals surface area contributed by atoms with E-state index in [1.54, 1.807) is 0 Å². The monoisotopic (exact) mass is 280 g/mol. The molecule has 4 atom stereocenters. The van der Waals surface area contributed by atoms with Crippen LogP contribution in [0.2, 0.25) is 5.02 Å². The van der Waals surface area contributed by atoms with Gasteiger partial charge in [0.15, 0.2) is 5.78 Å². The molecule has 104 valence electrons. The number of Topliss-reactive ketones (excluding diaryl/α,β-unsaturated/α-hetero) is 1. The second-order valence-electron chi connectivity index (χ2n) is 5.71. The number of halogens is 1. The highest BCUT2D eigenvalue weighted by atomic mass is 35.5. The maximum absolute atomic E-state index is 12.7. The molecule has 1 aromatic rings. The summed E-state index contributed by atoms with van der Waals surface area (Å²) in [5, 5.41) is 0.548. The van der Waals surface area contributed by atoms with E-state index < -0.39 is 0 Å². The Morgan fingerprint density at radius 3 is 2.21 bits per heavy atom. The van der Waals surface area contributed by atoms with Crippen LogP contribution in [-0.4, -0.2) is 18.0 Å². The van der Waals surface area contributed by atoms with Crippen LogP contribution in [0, 0.1) is 25.7 Å². The first-order valence-corrected chi connectivity index (χ1v) is 7.17. The first-order chi connectivity index (χ1) is 8.82. The molecule has 0 aliphatic carbocycles. The number of ether oxygens (including phenoxy) is 1. The summed E-state index contributed by atoms with van der Waals surface area (Å²) >= 11 is 6.24. The molecule has 0 aromatic heterocycles. The minimum absolute atomic E-state index is 0.0461. The van der Waals surface area contributed by atoms with Crippen molar-refractivity contribution in [3.8, 4) is 0 Å². The zero-order valence-corrected chi connectivity index (χ0v) is 12.9. The molecule has 1 fully saturated rings. The van der Waals surface area contributed by atoms with E-state index in [2.05, 4.69) is 6.92 Å². The standard InChI is InChI=1S/C16H21ClO2/c1-8-6-13(14(17)7-9(8)2)16(18)15-10(3)11(4)19-12(15)5/h6-7,10-12,15H,1-5H3. The number of hydrogen-bond acceptors (Lipinski definition) is 2. The number of ketones is 1. The zero-order chi connectivity index (χ0) is 14.3. The van der Waals surface area contributed by atoms with Gasteiger partial charge in [0.1, 0.15) is 0 Å². The molecule has 0 N–H and O–H groups in total. The summed E-state index contributed by atoms with van der Waals surface area (Å²) in [4.78, 5) is 12.7. The zero-order valence-electron chi connectivity index (χ0n) is 12.2. The fourth-order valence-electron chi connectivity index (χ4n) is 2.87. The fourth-order valence-corrected chi connectivity index (χ4v) is 3.18. The van der Waals surface area contributed by atoms with Crippen molar-refractivity contribution >= 4 is 17.4 Å². The quantitative estimate of drug-likeness (QED) is 0.759. The Bertz CT molecular complexity index is 510. The Hall–Kier alpha value is -0.860. The van der Waals surface area contributed by atoms with E-state index in [0.717, 1.165) is 11.1 Å². The third kappa shape index (κ3) is 2.56. The van der Waals surface area contributed by atoms with Gasteiger partial charge in [-0.15, -0.1) is 0 Å². The van der Waals surface area contributed by atoms with Crippen molar-refractivity contribution in [3.05, 3.63) is 33.8 Å². The van der Waals surface area contributed by atoms with Crippen molar-refractivity contribution in [1.82, 2.24) is 0 Å². The van der Waals surface area contributed by atoms with Gasteiger partial charge in [0.05, 0.1) is 23.1 Å². The molecule has 4 unspecified atom stereocenters. The second kappa shape index (κ2) is 5.26. The van der Waals surface area contributed by atoms with Crippen LogP contribution in [0.25, 0.3) is 0 Å². The topological polar surface area (TPSA) is 26.3 Å². The molecule has 1 aliphatic heterocycles. The Morgan fingerprint density at radius 2 is 1.68 bits per heavy atom. The number of hydrogen-bond donors (Lipinski definition) is 0. The first-order valence-electron chi connectivity index (χ1n) is 6.79. The molecule has 0 bridgehead atoms. The molecule has 0 saturated carbocycles. The van der Waals surface area contributed by atoms with Crippen LogP contribution in [0.3, 0.4) is 0 Å². The Kier molecular flexibility index (Phi) is 4.03. The van der Waals surface area contributed by atoms with Gasteiger partial charge in [-0.3, -0.25) is 4.79 Å². The molecule has 2 rings (SSSR count). The third-order valence-electron chi connectivity index (χ3n) is 4.39. The van der Waals surface area contributed by atoms with Crippen LogP contribution in [-0.2, 0) is 4.74 Å². The maximum atomic E-state index is 12.7. The van der Waals surface area contributed by atoms with Crippen molar-refractivity contribution in [1.29, 1.82) is 0 Å². The summed E-state index contributed by atoms with van der Waals surface area (Å²) in [6.07, 6.45) is 0.0736. The summed E-state index contributed by atoms with van der Waals surface area (Å²) in [6, 6.07) is 3.78. The van der Waals surface area contributed by atoms with Crippen LogP contribution < -0.4 is 0 Å². The number of carbonyl (C=O) groups is 1. The average Bonchev–Trinajstić information content (AvgIpc) is 2.57.